The Morgan fingerprint density at radius 1 is 1.13 bits per heavy atom. The van der Waals surface area contributed by atoms with Gasteiger partial charge in [0.1, 0.15) is 0 Å². The Balaban J connectivity index is 0.00000256. The molecule has 2 aromatic rings. The van der Waals surface area contributed by atoms with E-state index in [0.717, 1.165) is 37.2 Å². The Kier molecular flexibility index (Phi) is 8.99. The second-order valence-electron chi connectivity index (χ2n) is 8.29. The van der Waals surface area contributed by atoms with E-state index in [1.54, 1.807) is 0 Å². The van der Waals surface area contributed by atoms with Crippen molar-refractivity contribution in [3.05, 3.63) is 53.9 Å². The smallest absolute Gasteiger partial charge is 0.191 e. The van der Waals surface area contributed by atoms with Gasteiger partial charge in [-0.05, 0) is 31.7 Å². The van der Waals surface area contributed by atoms with Crippen LogP contribution < -0.4 is 10.6 Å². The second kappa shape index (κ2) is 11.7. The van der Waals surface area contributed by atoms with Crippen LogP contribution in [0.1, 0.15) is 50.2 Å². The first-order valence-corrected chi connectivity index (χ1v) is 11.1. The summed E-state index contributed by atoms with van der Waals surface area (Å²) < 4.78 is 1.98. The zero-order valence-electron chi connectivity index (χ0n) is 18.0. The number of aliphatic imine (C=N–C) groups is 1. The van der Waals surface area contributed by atoms with E-state index >= 15 is 0 Å². The third-order valence-corrected chi connectivity index (χ3v) is 6.04. The SMILES string of the molecule is CCNC(=NCc1cnn(Cc2ccccc2)c1)NC1CCN(C2CCCC2)C1.I. The summed E-state index contributed by atoms with van der Waals surface area (Å²) in [6, 6.07) is 11.7. The van der Waals surface area contributed by atoms with E-state index in [1.807, 2.05) is 16.9 Å². The summed E-state index contributed by atoms with van der Waals surface area (Å²) in [5, 5.41) is 11.6. The van der Waals surface area contributed by atoms with Crippen LogP contribution in [-0.2, 0) is 13.1 Å². The summed E-state index contributed by atoms with van der Waals surface area (Å²) in [5.41, 5.74) is 2.39. The molecule has 1 atom stereocenters. The van der Waals surface area contributed by atoms with Gasteiger partial charge in [-0.3, -0.25) is 9.58 Å². The van der Waals surface area contributed by atoms with E-state index in [1.165, 1.54) is 44.2 Å². The molecule has 2 aliphatic rings. The highest BCUT2D eigenvalue weighted by molar-refractivity contribution is 14.0. The molecule has 4 rings (SSSR count). The van der Waals surface area contributed by atoms with Crippen molar-refractivity contribution in [1.29, 1.82) is 0 Å². The van der Waals surface area contributed by atoms with Gasteiger partial charge in [0.05, 0.1) is 19.3 Å². The van der Waals surface area contributed by atoms with E-state index < -0.39 is 0 Å². The number of hydrogen-bond donors (Lipinski definition) is 2. The van der Waals surface area contributed by atoms with Crippen LogP contribution in [0.5, 0.6) is 0 Å². The molecule has 2 heterocycles. The number of hydrogen-bond acceptors (Lipinski definition) is 3. The van der Waals surface area contributed by atoms with Gasteiger partial charge in [-0.25, -0.2) is 4.99 Å². The molecule has 1 aliphatic carbocycles. The number of nitrogens with one attached hydrogen (secondary N) is 2. The van der Waals surface area contributed by atoms with Crippen LogP contribution >= 0.6 is 24.0 Å². The molecule has 0 radical (unpaired) electrons. The predicted octanol–water partition coefficient (Wildman–Crippen LogP) is 3.62. The Hall–Kier alpha value is -1.61. The lowest BCUT2D eigenvalue weighted by Gasteiger charge is -2.24. The van der Waals surface area contributed by atoms with Crippen molar-refractivity contribution in [3.63, 3.8) is 0 Å². The first-order chi connectivity index (χ1) is 14.3. The predicted molar refractivity (Wildman–Crippen MR) is 133 cm³/mol. The summed E-state index contributed by atoms with van der Waals surface area (Å²) in [6.07, 6.45) is 10.8. The first kappa shape index (κ1) is 23.1. The molecule has 1 aromatic carbocycles. The largest absolute Gasteiger partial charge is 0.357 e. The monoisotopic (exact) mass is 522 g/mol. The molecule has 0 amide bonds. The Bertz CT molecular complexity index is 784. The van der Waals surface area contributed by atoms with Crippen molar-refractivity contribution in [2.75, 3.05) is 19.6 Å². The third kappa shape index (κ3) is 6.44. The lowest BCUT2D eigenvalue weighted by molar-refractivity contribution is 0.242. The van der Waals surface area contributed by atoms with Crippen LogP contribution in [0.3, 0.4) is 0 Å². The molecule has 1 unspecified atom stereocenters. The maximum atomic E-state index is 4.81. The van der Waals surface area contributed by atoms with Crippen molar-refractivity contribution in [2.45, 2.75) is 64.2 Å². The molecule has 0 bridgehead atoms. The third-order valence-electron chi connectivity index (χ3n) is 6.04. The van der Waals surface area contributed by atoms with Gasteiger partial charge in [0, 0.05) is 43.5 Å². The van der Waals surface area contributed by atoms with Gasteiger partial charge in [-0.1, -0.05) is 43.2 Å². The number of rotatable bonds is 7. The van der Waals surface area contributed by atoms with Crippen LogP contribution in [0.2, 0.25) is 0 Å². The van der Waals surface area contributed by atoms with Crippen LogP contribution in [0.4, 0.5) is 0 Å². The van der Waals surface area contributed by atoms with Crippen LogP contribution in [-0.4, -0.2) is 52.4 Å². The van der Waals surface area contributed by atoms with Gasteiger partial charge in [0.15, 0.2) is 5.96 Å². The molecule has 6 nitrogen and oxygen atoms in total. The fourth-order valence-corrected chi connectivity index (χ4v) is 4.53. The number of benzene rings is 1. The number of nitrogens with zero attached hydrogens (tertiary/aromatic N) is 4. The summed E-state index contributed by atoms with van der Waals surface area (Å²) in [4.78, 5) is 7.50. The van der Waals surface area contributed by atoms with Crippen molar-refractivity contribution >= 4 is 29.9 Å². The zero-order valence-corrected chi connectivity index (χ0v) is 20.3. The highest BCUT2D eigenvalue weighted by atomic mass is 127. The van der Waals surface area contributed by atoms with Crippen molar-refractivity contribution in [2.24, 2.45) is 4.99 Å². The van der Waals surface area contributed by atoms with Crippen molar-refractivity contribution in [3.8, 4) is 0 Å². The maximum absolute atomic E-state index is 4.81. The average molecular weight is 522 g/mol. The molecule has 0 spiro atoms. The standard InChI is InChI=1S/C23H34N6.HI/c1-2-24-23(27-21-12-13-28(18-21)22-10-6-7-11-22)25-14-20-15-26-29(17-20)16-19-8-4-3-5-9-19;/h3-5,8-9,15,17,21-22H,2,6-7,10-14,16,18H2,1H3,(H2,24,25,27);1H. The summed E-state index contributed by atoms with van der Waals surface area (Å²) in [7, 11) is 0. The van der Waals surface area contributed by atoms with Gasteiger partial charge in [0.2, 0.25) is 0 Å². The fraction of sp³-hybridized carbons (Fsp3) is 0.565. The van der Waals surface area contributed by atoms with Gasteiger partial charge < -0.3 is 10.6 Å². The lowest BCUT2D eigenvalue weighted by atomic mass is 10.2. The Morgan fingerprint density at radius 3 is 2.70 bits per heavy atom. The summed E-state index contributed by atoms with van der Waals surface area (Å²) in [6.45, 7) is 6.79. The Labute approximate surface area is 197 Å². The molecule has 1 saturated carbocycles. The van der Waals surface area contributed by atoms with Crippen LogP contribution in [0, 0.1) is 0 Å². The van der Waals surface area contributed by atoms with Crippen LogP contribution in [0.25, 0.3) is 0 Å². The highest BCUT2D eigenvalue weighted by Gasteiger charge is 2.30. The minimum atomic E-state index is 0. The van der Waals surface area contributed by atoms with Gasteiger partial charge >= 0.3 is 0 Å². The number of halogens is 1. The van der Waals surface area contributed by atoms with E-state index in [2.05, 4.69) is 58.0 Å². The molecule has 1 saturated heterocycles. The molecule has 7 heteroatoms. The lowest BCUT2D eigenvalue weighted by Crippen LogP contribution is -2.45. The van der Waals surface area contributed by atoms with E-state index in [0.29, 0.717) is 12.6 Å². The normalized spacial score (nSPS) is 20.3. The van der Waals surface area contributed by atoms with Gasteiger partial charge in [-0.2, -0.15) is 5.10 Å². The van der Waals surface area contributed by atoms with Crippen LogP contribution in [0.15, 0.2) is 47.7 Å². The molecule has 2 fully saturated rings. The van der Waals surface area contributed by atoms with Gasteiger partial charge in [-0.15, -0.1) is 24.0 Å². The van der Waals surface area contributed by atoms with Crippen molar-refractivity contribution < 1.29 is 0 Å². The highest BCUT2D eigenvalue weighted by Crippen LogP contribution is 2.26. The maximum Gasteiger partial charge on any atom is 0.191 e. The van der Waals surface area contributed by atoms with Gasteiger partial charge in [0.25, 0.3) is 0 Å². The minimum Gasteiger partial charge on any atom is -0.357 e. The van der Waals surface area contributed by atoms with Crippen molar-refractivity contribution in [1.82, 2.24) is 25.3 Å². The second-order valence-corrected chi connectivity index (χ2v) is 8.29. The molecular weight excluding hydrogens is 487 g/mol. The molecule has 1 aliphatic heterocycles. The van der Waals surface area contributed by atoms with E-state index in [-0.39, 0.29) is 24.0 Å². The number of likely N-dealkylation sites (tertiary alicyclic amines) is 1. The Morgan fingerprint density at radius 2 is 1.93 bits per heavy atom. The minimum absolute atomic E-state index is 0. The molecule has 164 valence electrons. The number of aromatic nitrogens is 2. The first-order valence-electron chi connectivity index (χ1n) is 11.1. The fourth-order valence-electron chi connectivity index (χ4n) is 4.53. The topological polar surface area (TPSA) is 57.5 Å². The van der Waals surface area contributed by atoms with E-state index in [9.17, 15) is 0 Å². The molecular formula is C23H35IN6. The summed E-state index contributed by atoms with van der Waals surface area (Å²) in [5.74, 6) is 0.918. The molecule has 2 N–H and O–H groups in total. The quantitative estimate of drug-likeness (QED) is 0.332. The summed E-state index contributed by atoms with van der Waals surface area (Å²) >= 11 is 0. The zero-order chi connectivity index (χ0) is 19.9. The average Bonchev–Trinajstić information content (AvgIpc) is 3.49. The molecule has 30 heavy (non-hydrogen) atoms. The molecule has 1 aromatic heterocycles. The number of guanidine groups is 1. The van der Waals surface area contributed by atoms with E-state index in [4.69, 9.17) is 4.99 Å².